The van der Waals surface area contributed by atoms with E-state index in [-0.39, 0.29) is 26.4 Å². The molecule has 0 atom stereocenters. The van der Waals surface area contributed by atoms with Crippen molar-refractivity contribution in [2.45, 2.75) is 26.7 Å². The van der Waals surface area contributed by atoms with E-state index in [1.807, 2.05) is 0 Å². The monoisotopic (exact) mass is 279 g/mol. The van der Waals surface area contributed by atoms with Gasteiger partial charge in [-0.3, -0.25) is 9.68 Å². The molecule has 7 nitrogen and oxygen atoms in total. The Hall–Kier alpha value is -0.990. The van der Waals surface area contributed by atoms with Crippen LogP contribution in [0, 0.1) is 0 Å². The van der Waals surface area contributed by atoms with Gasteiger partial charge in [-0.15, -0.1) is 0 Å². The van der Waals surface area contributed by atoms with Gasteiger partial charge >= 0.3 is 5.97 Å². The number of hydrogen-bond donors (Lipinski definition) is 3. The van der Waals surface area contributed by atoms with Gasteiger partial charge in [-0.1, -0.05) is 24.6 Å². The van der Waals surface area contributed by atoms with Gasteiger partial charge in [-0.2, -0.15) is 0 Å². The van der Waals surface area contributed by atoms with E-state index in [1.165, 1.54) is 11.3 Å². The van der Waals surface area contributed by atoms with Crippen LogP contribution in [0.15, 0.2) is 12.2 Å². The number of allylic oxidation sites excluding steroid dienone is 1. The molecule has 0 aliphatic heterocycles. The van der Waals surface area contributed by atoms with Crippen LogP contribution >= 0.6 is 0 Å². The topological polar surface area (TPSA) is 99.5 Å². The molecule has 0 heterocycles. The molecule has 0 bridgehead atoms. The van der Waals surface area contributed by atoms with Crippen molar-refractivity contribution in [3.63, 3.8) is 0 Å². The van der Waals surface area contributed by atoms with E-state index in [0.717, 1.165) is 18.9 Å². The maximum absolute atomic E-state index is 9.51. The second kappa shape index (κ2) is 17.0. The van der Waals surface area contributed by atoms with Crippen LogP contribution in [0.1, 0.15) is 26.7 Å². The van der Waals surface area contributed by atoms with Crippen LogP contribution in [-0.2, 0) is 14.5 Å². The van der Waals surface area contributed by atoms with E-state index in [0.29, 0.717) is 6.54 Å². The van der Waals surface area contributed by atoms with Crippen LogP contribution in [-0.4, -0.2) is 59.5 Å². The van der Waals surface area contributed by atoms with E-state index in [4.69, 9.17) is 25.0 Å². The summed E-state index contributed by atoms with van der Waals surface area (Å²) in [5.41, 5.74) is 0. The normalized spacial score (nSPS) is 10.6. The Balaban J connectivity index is 0. The molecule has 0 saturated heterocycles. The molecule has 0 aromatic rings. The second-order valence-electron chi connectivity index (χ2n) is 3.36. The van der Waals surface area contributed by atoms with Gasteiger partial charge in [-0.05, 0) is 13.3 Å². The van der Waals surface area contributed by atoms with Crippen LogP contribution in [0.4, 0.5) is 0 Å². The summed E-state index contributed by atoms with van der Waals surface area (Å²) < 4.78 is 0. The second-order valence-corrected chi connectivity index (χ2v) is 3.36. The SMILES string of the molecule is CC=CC(=O)O.CCCCN(OCCO)OCCO. The minimum atomic E-state index is -0.891. The van der Waals surface area contributed by atoms with Gasteiger partial charge in [0.15, 0.2) is 0 Å². The van der Waals surface area contributed by atoms with Crippen LogP contribution < -0.4 is 0 Å². The molecule has 0 fully saturated rings. The molecule has 0 aromatic heterocycles. The van der Waals surface area contributed by atoms with Gasteiger partial charge in [0.2, 0.25) is 0 Å². The van der Waals surface area contributed by atoms with Crippen molar-refractivity contribution >= 4 is 5.97 Å². The number of aliphatic carboxylic acids is 1. The molecule has 0 radical (unpaired) electrons. The summed E-state index contributed by atoms with van der Waals surface area (Å²) in [6.07, 6.45) is 4.56. The Kier molecular flexibility index (Phi) is 18.2. The minimum absolute atomic E-state index is 0.0366. The molecule has 0 unspecified atom stereocenters. The lowest BCUT2D eigenvalue weighted by Gasteiger charge is -2.19. The van der Waals surface area contributed by atoms with Crippen molar-refractivity contribution in [2.24, 2.45) is 0 Å². The van der Waals surface area contributed by atoms with Gasteiger partial charge in [0.25, 0.3) is 0 Å². The summed E-state index contributed by atoms with van der Waals surface area (Å²) in [5, 5.41) is 26.2. The summed E-state index contributed by atoms with van der Waals surface area (Å²) in [6.45, 7) is 4.74. The highest BCUT2D eigenvalue weighted by atomic mass is 16.9. The Bertz CT molecular complexity index is 203. The average molecular weight is 279 g/mol. The first-order valence-corrected chi connectivity index (χ1v) is 6.23. The summed E-state index contributed by atoms with van der Waals surface area (Å²) in [7, 11) is 0. The van der Waals surface area contributed by atoms with E-state index >= 15 is 0 Å². The van der Waals surface area contributed by atoms with Crippen LogP contribution in [0.2, 0.25) is 0 Å². The summed E-state index contributed by atoms with van der Waals surface area (Å²) in [6, 6.07) is 0. The lowest BCUT2D eigenvalue weighted by atomic mass is 10.3. The van der Waals surface area contributed by atoms with Gasteiger partial charge in [0.05, 0.1) is 33.0 Å². The summed E-state index contributed by atoms with van der Waals surface area (Å²) in [5.74, 6) is -0.891. The van der Waals surface area contributed by atoms with Crippen molar-refractivity contribution in [3.05, 3.63) is 12.2 Å². The van der Waals surface area contributed by atoms with E-state index in [1.54, 1.807) is 6.92 Å². The van der Waals surface area contributed by atoms with E-state index in [2.05, 4.69) is 6.92 Å². The van der Waals surface area contributed by atoms with Gasteiger partial charge in [0, 0.05) is 6.08 Å². The van der Waals surface area contributed by atoms with Crippen molar-refractivity contribution in [2.75, 3.05) is 33.0 Å². The molecular formula is C12H25NO6. The molecule has 7 heteroatoms. The molecular weight excluding hydrogens is 254 g/mol. The highest BCUT2D eigenvalue weighted by Gasteiger charge is 2.03. The summed E-state index contributed by atoms with van der Waals surface area (Å²) >= 11 is 0. The highest BCUT2D eigenvalue weighted by Crippen LogP contribution is 1.97. The number of rotatable bonds is 10. The van der Waals surface area contributed by atoms with Crippen molar-refractivity contribution in [1.29, 1.82) is 0 Å². The van der Waals surface area contributed by atoms with Gasteiger partial charge < -0.3 is 15.3 Å². The number of hydroxylamine groups is 2. The molecule has 0 aliphatic carbocycles. The number of nitrogens with zero attached hydrogens (tertiary/aromatic N) is 1. The van der Waals surface area contributed by atoms with Crippen LogP contribution in [0.5, 0.6) is 0 Å². The number of unbranched alkanes of at least 4 members (excludes halogenated alkanes) is 1. The third-order valence-corrected chi connectivity index (χ3v) is 1.66. The van der Waals surface area contributed by atoms with E-state index in [9.17, 15) is 4.79 Å². The number of carboxylic acids is 1. The van der Waals surface area contributed by atoms with Crippen molar-refractivity contribution < 1.29 is 29.8 Å². The first-order chi connectivity index (χ1) is 9.12. The number of carbonyl (C=O) groups is 1. The van der Waals surface area contributed by atoms with Gasteiger partial charge in [0.1, 0.15) is 0 Å². The molecule has 0 saturated carbocycles. The zero-order chi connectivity index (χ0) is 14.9. The zero-order valence-electron chi connectivity index (χ0n) is 11.6. The lowest BCUT2D eigenvalue weighted by Crippen LogP contribution is -2.28. The smallest absolute Gasteiger partial charge is 0.327 e. The number of aliphatic hydroxyl groups is 2. The van der Waals surface area contributed by atoms with Crippen LogP contribution in [0.25, 0.3) is 0 Å². The number of hydrogen-bond acceptors (Lipinski definition) is 6. The molecule has 0 spiro atoms. The third kappa shape index (κ3) is 19.5. The molecule has 3 N–H and O–H groups in total. The largest absolute Gasteiger partial charge is 0.478 e. The fourth-order valence-corrected chi connectivity index (χ4v) is 0.881. The molecule has 0 aromatic carbocycles. The Morgan fingerprint density at radius 2 is 1.74 bits per heavy atom. The first-order valence-electron chi connectivity index (χ1n) is 6.23. The molecule has 0 aliphatic rings. The van der Waals surface area contributed by atoms with Crippen molar-refractivity contribution in [1.82, 2.24) is 5.23 Å². The quantitative estimate of drug-likeness (QED) is 0.397. The van der Waals surface area contributed by atoms with Crippen molar-refractivity contribution in [3.8, 4) is 0 Å². The lowest BCUT2D eigenvalue weighted by molar-refractivity contribution is -0.371. The fraction of sp³-hybridized carbons (Fsp3) is 0.750. The number of aliphatic hydroxyl groups excluding tert-OH is 2. The zero-order valence-corrected chi connectivity index (χ0v) is 11.6. The molecule has 114 valence electrons. The van der Waals surface area contributed by atoms with E-state index < -0.39 is 5.97 Å². The maximum Gasteiger partial charge on any atom is 0.327 e. The average Bonchev–Trinajstić information content (AvgIpc) is 2.38. The Labute approximate surface area is 114 Å². The molecule has 19 heavy (non-hydrogen) atoms. The predicted octanol–water partition coefficient (Wildman–Crippen LogP) is 0.583. The molecule has 0 rings (SSSR count). The third-order valence-electron chi connectivity index (χ3n) is 1.66. The van der Waals surface area contributed by atoms with Gasteiger partial charge in [-0.25, -0.2) is 4.79 Å². The number of carboxylic acid groups (broad SMARTS) is 1. The Morgan fingerprint density at radius 1 is 1.21 bits per heavy atom. The molecule has 0 amide bonds. The predicted molar refractivity (Wildman–Crippen MR) is 70.1 cm³/mol. The minimum Gasteiger partial charge on any atom is -0.478 e. The Morgan fingerprint density at radius 3 is 2.00 bits per heavy atom. The highest BCUT2D eigenvalue weighted by molar-refractivity contribution is 5.79. The fourth-order valence-electron chi connectivity index (χ4n) is 0.881. The maximum atomic E-state index is 9.51. The first kappa shape index (κ1) is 20.3. The summed E-state index contributed by atoms with van der Waals surface area (Å²) in [4.78, 5) is 19.6. The standard InChI is InChI=1S/C8H19NO4.C4H6O2/c1-2-3-4-9(12-7-5-10)13-8-6-11;1-2-3-4(5)6/h10-11H,2-8H2,1H3;2-3H,1H3,(H,5,6). The van der Waals surface area contributed by atoms with Crippen LogP contribution in [0.3, 0.4) is 0 Å².